The Bertz CT molecular complexity index is 1590. The highest BCUT2D eigenvalue weighted by Crippen LogP contribution is 2.50. The van der Waals surface area contributed by atoms with Crippen molar-refractivity contribution in [3.63, 3.8) is 0 Å². The summed E-state index contributed by atoms with van der Waals surface area (Å²) in [6.45, 7) is 1.06. The number of carbonyl (C=O) groups excluding carboxylic acids is 2. The Labute approximate surface area is 256 Å². The lowest BCUT2D eigenvalue weighted by Gasteiger charge is -2.46. The van der Waals surface area contributed by atoms with Crippen molar-refractivity contribution in [3.05, 3.63) is 45.9 Å². The molecule has 3 aliphatic heterocycles. The minimum Gasteiger partial charge on any atom is -0.382 e. The highest BCUT2D eigenvalue weighted by molar-refractivity contribution is 7.19. The SMILES string of the molecule is O=C1CCC(=O)N1Cc1cc2nccc(-c3cc(Cl)cc4c3N([C@@H]3CN(CC(O)C(F)(F)F)C5(CCC5)C3)CCC4)c2s1. The lowest BCUT2D eigenvalue weighted by Crippen LogP contribution is -2.53. The predicted molar refractivity (Wildman–Crippen MR) is 159 cm³/mol. The molecule has 1 spiro atoms. The Kier molecular flexibility index (Phi) is 7.23. The van der Waals surface area contributed by atoms with Gasteiger partial charge in [0.2, 0.25) is 11.8 Å². The van der Waals surface area contributed by atoms with Gasteiger partial charge >= 0.3 is 6.18 Å². The Balaban J connectivity index is 1.25. The van der Waals surface area contributed by atoms with Crippen LogP contribution in [0.3, 0.4) is 0 Å². The van der Waals surface area contributed by atoms with Crippen LogP contribution in [-0.4, -0.2) is 75.2 Å². The maximum atomic E-state index is 13.3. The second-order valence-electron chi connectivity index (χ2n) is 12.3. The van der Waals surface area contributed by atoms with E-state index < -0.39 is 18.8 Å². The molecule has 228 valence electrons. The normalized spacial score (nSPS) is 23.0. The van der Waals surface area contributed by atoms with E-state index >= 15 is 0 Å². The summed E-state index contributed by atoms with van der Waals surface area (Å²) in [5.74, 6) is -0.319. The minimum atomic E-state index is -4.65. The van der Waals surface area contributed by atoms with Crippen LogP contribution in [0.25, 0.3) is 21.3 Å². The van der Waals surface area contributed by atoms with Crippen LogP contribution in [0.2, 0.25) is 5.02 Å². The number of amides is 2. The molecule has 2 saturated heterocycles. The van der Waals surface area contributed by atoms with E-state index in [0.717, 1.165) is 82.5 Å². The minimum absolute atomic E-state index is 0.00289. The number of fused-ring (bicyclic) bond motifs is 2. The van der Waals surface area contributed by atoms with Gasteiger partial charge in [-0.3, -0.25) is 24.4 Å². The molecule has 1 aliphatic carbocycles. The fraction of sp³-hybridized carbons (Fsp3) is 0.516. The maximum Gasteiger partial charge on any atom is 0.415 e. The fourth-order valence-corrected chi connectivity index (χ4v) is 8.89. The summed E-state index contributed by atoms with van der Waals surface area (Å²) in [7, 11) is 0. The number of rotatable bonds is 6. The van der Waals surface area contributed by atoms with Crippen molar-refractivity contribution in [1.82, 2.24) is 14.8 Å². The number of thiophene rings is 1. The molecule has 1 unspecified atom stereocenters. The number of anilines is 1. The third-order valence-electron chi connectivity index (χ3n) is 9.72. The second kappa shape index (κ2) is 10.7. The van der Waals surface area contributed by atoms with E-state index in [-0.39, 0.29) is 42.8 Å². The zero-order valence-electron chi connectivity index (χ0n) is 23.5. The number of alkyl halides is 3. The second-order valence-corrected chi connectivity index (χ2v) is 13.9. The topological polar surface area (TPSA) is 77.0 Å². The Morgan fingerprint density at radius 2 is 1.86 bits per heavy atom. The molecule has 1 aromatic carbocycles. The van der Waals surface area contributed by atoms with Gasteiger partial charge in [-0.1, -0.05) is 11.6 Å². The van der Waals surface area contributed by atoms with Crippen LogP contribution in [0.4, 0.5) is 18.9 Å². The Morgan fingerprint density at radius 3 is 2.56 bits per heavy atom. The van der Waals surface area contributed by atoms with Crippen molar-refractivity contribution < 1.29 is 27.9 Å². The van der Waals surface area contributed by atoms with Crippen LogP contribution >= 0.6 is 22.9 Å². The maximum absolute atomic E-state index is 13.3. The molecule has 2 aromatic heterocycles. The van der Waals surface area contributed by atoms with Crippen LogP contribution < -0.4 is 4.90 Å². The average Bonchev–Trinajstić information content (AvgIpc) is 3.63. The highest BCUT2D eigenvalue weighted by atomic mass is 35.5. The molecule has 5 heterocycles. The Hall–Kier alpha value is -2.73. The third kappa shape index (κ3) is 5.11. The van der Waals surface area contributed by atoms with Gasteiger partial charge in [-0.15, -0.1) is 11.3 Å². The van der Waals surface area contributed by atoms with Crippen molar-refractivity contribution >= 4 is 50.7 Å². The van der Waals surface area contributed by atoms with Crippen LogP contribution in [0.5, 0.6) is 0 Å². The summed E-state index contributed by atoms with van der Waals surface area (Å²) in [4.78, 5) is 35.5. The van der Waals surface area contributed by atoms with Crippen LogP contribution in [-0.2, 0) is 22.6 Å². The monoisotopic (exact) mass is 632 g/mol. The van der Waals surface area contributed by atoms with E-state index in [4.69, 9.17) is 11.6 Å². The first-order valence-corrected chi connectivity index (χ1v) is 16.0. The summed E-state index contributed by atoms with van der Waals surface area (Å²) in [5.41, 5.74) is 4.53. The molecule has 1 N–H and O–H groups in total. The van der Waals surface area contributed by atoms with Gasteiger partial charge in [-0.05, 0) is 68.4 Å². The molecular formula is C31H32ClF3N4O3S. The fourth-order valence-electron chi connectivity index (χ4n) is 7.51. The summed E-state index contributed by atoms with van der Waals surface area (Å²) >= 11 is 8.19. The van der Waals surface area contributed by atoms with E-state index in [9.17, 15) is 27.9 Å². The number of hydrogen-bond donors (Lipinski definition) is 1. The molecule has 3 fully saturated rings. The summed E-state index contributed by atoms with van der Waals surface area (Å²) in [6, 6.07) is 7.84. The van der Waals surface area contributed by atoms with Crippen LogP contribution in [0.1, 0.15) is 55.4 Å². The zero-order valence-corrected chi connectivity index (χ0v) is 25.1. The molecule has 1 saturated carbocycles. The van der Waals surface area contributed by atoms with E-state index in [1.54, 1.807) is 6.20 Å². The first-order valence-electron chi connectivity index (χ1n) is 14.8. The van der Waals surface area contributed by atoms with E-state index in [2.05, 4.69) is 9.88 Å². The number of aliphatic hydroxyl groups excluding tert-OH is 1. The first-order chi connectivity index (χ1) is 20.5. The summed E-state index contributed by atoms with van der Waals surface area (Å²) in [6.07, 6.45) is 0.395. The molecule has 2 atom stereocenters. The molecule has 0 bridgehead atoms. The van der Waals surface area contributed by atoms with Crippen molar-refractivity contribution in [2.24, 2.45) is 0 Å². The molecule has 2 amide bonds. The van der Waals surface area contributed by atoms with Gasteiger partial charge in [-0.2, -0.15) is 13.2 Å². The van der Waals surface area contributed by atoms with Gasteiger partial charge < -0.3 is 10.0 Å². The Morgan fingerprint density at radius 1 is 1.09 bits per heavy atom. The van der Waals surface area contributed by atoms with Gasteiger partial charge in [0.05, 0.1) is 16.8 Å². The van der Waals surface area contributed by atoms with Gasteiger partial charge in [0.15, 0.2) is 6.10 Å². The van der Waals surface area contributed by atoms with Gasteiger partial charge in [0.25, 0.3) is 0 Å². The quantitative estimate of drug-likeness (QED) is 0.339. The number of aliphatic hydroxyl groups is 1. The van der Waals surface area contributed by atoms with Crippen molar-refractivity contribution in [1.29, 1.82) is 0 Å². The molecular weight excluding hydrogens is 601 g/mol. The number of carbonyl (C=O) groups is 2. The number of aryl methyl sites for hydroxylation is 1. The smallest absolute Gasteiger partial charge is 0.382 e. The number of pyridine rings is 1. The number of halogens is 4. The molecule has 43 heavy (non-hydrogen) atoms. The standard InChI is InChI=1S/C31H32ClF3N4O3S/c32-19-11-18-3-1-10-38(20-14-30(7-2-8-30)37(15-20)17-25(40)31(33,34)35)28(18)23(12-19)22-6-9-36-24-13-21(43-29(22)24)16-39-26(41)4-5-27(39)42/h6,9,11-13,20,25,40H,1-5,7-8,10,14-17H2/t20-,25?/m0/s1. The molecule has 12 heteroatoms. The zero-order chi connectivity index (χ0) is 30.1. The number of nitrogens with zero attached hydrogens (tertiary/aromatic N) is 4. The highest BCUT2D eigenvalue weighted by Gasteiger charge is 2.53. The molecule has 4 aliphatic rings. The van der Waals surface area contributed by atoms with Crippen molar-refractivity contribution in [2.45, 2.75) is 81.8 Å². The summed E-state index contributed by atoms with van der Waals surface area (Å²) in [5, 5.41) is 10.6. The van der Waals surface area contributed by atoms with Gasteiger partial charge in [0, 0.05) is 77.0 Å². The average molecular weight is 633 g/mol. The largest absolute Gasteiger partial charge is 0.415 e. The molecule has 7 rings (SSSR count). The van der Waals surface area contributed by atoms with E-state index in [0.29, 0.717) is 11.6 Å². The predicted octanol–water partition coefficient (Wildman–Crippen LogP) is 5.94. The van der Waals surface area contributed by atoms with E-state index in [1.165, 1.54) is 16.2 Å². The van der Waals surface area contributed by atoms with Crippen LogP contribution in [0, 0.1) is 0 Å². The summed E-state index contributed by atoms with van der Waals surface area (Å²) < 4.78 is 41.0. The van der Waals surface area contributed by atoms with Crippen molar-refractivity contribution in [2.75, 3.05) is 24.5 Å². The van der Waals surface area contributed by atoms with Gasteiger partial charge in [0.1, 0.15) is 0 Å². The lowest BCUT2D eigenvalue weighted by atomic mass is 9.74. The molecule has 0 radical (unpaired) electrons. The number of benzene rings is 1. The first kappa shape index (κ1) is 29.0. The number of β-amino-alcohol motifs (C(OH)–C–C–N with tert-alkyl or cyclic N) is 1. The number of hydrogen-bond acceptors (Lipinski definition) is 7. The number of imide groups is 1. The third-order valence-corrected chi connectivity index (χ3v) is 11.1. The number of likely N-dealkylation sites (tertiary alicyclic amines) is 2. The lowest BCUT2D eigenvalue weighted by molar-refractivity contribution is -0.212. The molecule has 3 aromatic rings. The van der Waals surface area contributed by atoms with Crippen molar-refractivity contribution in [3.8, 4) is 11.1 Å². The van der Waals surface area contributed by atoms with E-state index in [1.807, 2.05) is 29.2 Å². The number of aromatic nitrogens is 1. The molecule has 7 nitrogen and oxygen atoms in total. The van der Waals surface area contributed by atoms with Gasteiger partial charge in [-0.25, -0.2) is 0 Å². The van der Waals surface area contributed by atoms with Crippen LogP contribution in [0.15, 0.2) is 30.5 Å².